The van der Waals surface area contributed by atoms with E-state index < -0.39 is 0 Å². The Kier molecular flexibility index (Phi) is 6.00. The summed E-state index contributed by atoms with van der Waals surface area (Å²) in [6.07, 6.45) is 0. The maximum Gasteiger partial charge on any atom is 0.271 e. The van der Waals surface area contributed by atoms with Gasteiger partial charge in [-0.15, -0.1) is 0 Å². The van der Waals surface area contributed by atoms with E-state index in [1.807, 2.05) is 68.4 Å². The number of carbonyl (C=O) groups is 1. The van der Waals surface area contributed by atoms with Crippen molar-refractivity contribution in [3.8, 4) is 5.75 Å². The van der Waals surface area contributed by atoms with Crippen LogP contribution in [-0.2, 0) is 6.61 Å². The minimum absolute atomic E-state index is 0.254. The van der Waals surface area contributed by atoms with Crippen LogP contribution in [0.2, 0.25) is 0 Å². The van der Waals surface area contributed by atoms with Gasteiger partial charge < -0.3 is 4.74 Å². The summed E-state index contributed by atoms with van der Waals surface area (Å²) in [4.78, 5) is 12.3. The highest BCUT2D eigenvalue weighted by molar-refractivity contribution is 6.00. The number of aryl methyl sites for hydroxylation is 1. The molecule has 136 valence electrons. The van der Waals surface area contributed by atoms with E-state index in [0.29, 0.717) is 12.2 Å². The zero-order valence-corrected chi connectivity index (χ0v) is 15.5. The zero-order valence-electron chi connectivity index (χ0n) is 15.5. The molecule has 0 heterocycles. The molecule has 4 heteroatoms. The third kappa shape index (κ3) is 5.28. The number of nitrogens with one attached hydrogen (secondary N) is 1. The molecule has 0 bridgehead atoms. The van der Waals surface area contributed by atoms with Gasteiger partial charge in [-0.25, -0.2) is 5.43 Å². The fraction of sp³-hybridized carbons (Fsp3) is 0.130. The van der Waals surface area contributed by atoms with Gasteiger partial charge in [0, 0.05) is 5.56 Å². The first kappa shape index (κ1) is 18.4. The van der Waals surface area contributed by atoms with E-state index in [1.54, 1.807) is 24.3 Å². The Labute approximate surface area is 159 Å². The van der Waals surface area contributed by atoms with E-state index in [2.05, 4.69) is 10.5 Å². The molecule has 3 aromatic rings. The Bertz CT molecular complexity index is 915. The van der Waals surface area contributed by atoms with Crippen LogP contribution in [0, 0.1) is 6.92 Å². The predicted molar refractivity (Wildman–Crippen MR) is 108 cm³/mol. The summed E-state index contributed by atoms with van der Waals surface area (Å²) in [6.45, 7) is 4.39. The lowest BCUT2D eigenvalue weighted by Crippen LogP contribution is -2.19. The van der Waals surface area contributed by atoms with Crippen LogP contribution in [0.1, 0.15) is 34.0 Å². The third-order valence-electron chi connectivity index (χ3n) is 4.16. The van der Waals surface area contributed by atoms with Crippen LogP contribution in [0.4, 0.5) is 0 Å². The van der Waals surface area contributed by atoms with Gasteiger partial charge in [0.15, 0.2) is 0 Å². The van der Waals surface area contributed by atoms with Crippen LogP contribution >= 0.6 is 0 Å². The highest BCUT2D eigenvalue weighted by Crippen LogP contribution is 2.14. The van der Waals surface area contributed by atoms with Crippen LogP contribution in [0.15, 0.2) is 84.0 Å². The standard InChI is InChI=1S/C23H22N2O2/c1-17-8-10-20(11-9-17)18(2)24-25-23(26)21-12-14-22(15-13-21)27-16-19-6-4-3-5-7-19/h3-15H,16H2,1-2H3,(H,25,26)/b24-18+. The van der Waals surface area contributed by atoms with Gasteiger partial charge in [0.2, 0.25) is 0 Å². The monoisotopic (exact) mass is 358 g/mol. The summed E-state index contributed by atoms with van der Waals surface area (Å²) in [5, 5.41) is 4.18. The number of ether oxygens (including phenoxy) is 1. The van der Waals surface area contributed by atoms with Gasteiger partial charge in [0.05, 0.1) is 5.71 Å². The van der Waals surface area contributed by atoms with Gasteiger partial charge in [-0.2, -0.15) is 5.10 Å². The van der Waals surface area contributed by atoms with Crippen LogP contribution in [-0.4, -0.2) is 11.6 Å². The number of carbonyl (C=O) groups excluding carboxylic acids is 1. The molecule has 1 amide bonds. The molecule has 0 unspecified atom stereocenters. The SMILES string of the molecule is C/C(=N\NC(=O)c1ccc(OCc2ccccc2)cc1)c1ccc(C)cc1. The summed E-state index contributed by atoms with van der Waals surface area (Å²) in [5.74, 6) is 0.464. The summed E-state index contributed by atoms with van der Waals surface area (Å²) in [6, 6.07) is 25.0. The van der Waals surface area contributed by atoms with Crippen molar-refractivity contribution in [1.29, 1.82) is 0 Å². The molecule has 1 N–H and O–H groups in total. The first-order chi connectivity index (χ1) is 13.1. The molecular formula is C23H22N2O2. The number of hydrazone groups is 1. The molecule has 0 aliphatic rings. The van der Waals surface area contributed by atoms with E-state index in [-0.39, 0.29) is 5.91 Å². The van der Waals surface area contributed by atoms with Crippen LogP contribution in [0.5, 0.6) is 5.75 Å². The first-order valence-corrected chi connectivity index (χ1v) is 8.80. The number of rotatable bonds is 6. The first-order valence-electron chi connectivity index (χ1n) is 8.80. The summed E-state index contributed by atoms with van der Waals surface area (Å²) in [7, 11) is 0. The molecule has 4 nitrogen and oxygen atoms in total. The summed E-state index contributed by atoms with van der Waals surface area (Å²) < 4.78 is 5.73. The fourth-order valence-electron chi connectivity index (χ4n) is 2.50. The molecule has 27 heavy (non-hydrogen) atoms. The minimum atomic E-state index is -0.254. The molecule has 0 aliphatic heterocycles. The maximum absolute atomic E-state index is 12.3. The van der Waals surface area contributed by atoms with E-state index in [0.717, 1.165) is 22.6 Å². The predicted octanol–water partition coefficient (Wildman–Crippen LogP) is 4.73. The number of nitrogens with zero attached hydrogens (tertiary/aromatic N) is 1. The smallest absolute Gasteiger partial charge is 0.271 e. The van der Waals surface area contributed by atoms with Crippen molar-refractivity contribution in [1.82, 2.24) is 5.43 Å². The van der Waals surface area contributed by atoms with E-state index in [4.69, 9.17) is 4.74 Å². The number of hydrogen-bond acceptors (Lipinski definition) is 3. The van der Waals surface area contributed by atoms with Crippen LogP contribution < -0.4 is 10.2 Å². The highest BCUT2D eigenvalue weighted by atomic mass is 16.5. The normalized spacial score (nSPS) is 11.1. The van der Waals surface area contributed by atoms with Gasteiger partial charge in [0.1, 0.15) is 12.4 Å². The second-order valence-corrected chi connectivity index (χ2v) is 6.30. The molecule has 0 saturated heterocycles. The molecule has 0 fully saturated rings. The Balaban J connectivity index is 1.57. The van der Waals surface area contributed by atoms with Crippen molar-refractivity contribution in [2.24, 2.45) is 5.10 Å². The van der Waals surface area contributed by atoms with Crippen molar-refractivity contribution in [3.63, 3.8) is 0 Å². The number of hydrogen-bond donors (Lipinski definition) is 1. The molecular weight excluding hydrogens is 336 g/mol. The van der Waals surface area contributed by atoms with Crippen LogP contribution in [0.25, 0.3) is 0 Å². The van der Waals surface area contributed by atoms with Gasteiger partial charge >= 0.3 is 0 Å². The molecule has 0 spiro atoms. The Morgan fingerprint density at radius 3 is 2.19 bits per heavy atom. The fourth-order valence-corrected chi connectivity index (χ4v) is 2.50. The van der Waals surface area contributed by atoms with E-state index in [1.165, 1.54) is 5.56 Å². The molecule has 3 rings (SSSR count). The highest BCUT2D eigenvalue weighted by Gasteiger charge is 2.06. The third-order valence-corrected chi connectivity index (χ3v) is 4.16. The van der Waals surface area contributed by atoms with Crippen molar-refractivity contribution in [3.05, 3.63) is 101 Å². The molecule has 0 aromatic heterocycles. The molecule has 0 aliphatic carbocycles. The Hall–Kier alpha value is -3.40. The number of benzene rings is 3. The lowest BCUT2D eigenvalue weighted by Gasteiger charge is -2.07. The largest absolute Gasteiger partial charge is 0.489 e. The van der Waals surface area contributed by atoms with Gasteiger partial charge in [-0.1, -0.05) is 60.2 Å². The minimum Gasteiger partial charge on any atom is -0.489 e. The average Bonchev–Trinajstić information content (AvgIpc) is 2.72. The second-order valence-electron chi connectivity index (χ2n) is 6.30. The topological polar surface area (TPSA) is 50.7 Å². The summed E-state index contributed by atoms with van der Waals surface area (Å²) in [5.41, 5.74) is 7.14. The molecule has 3 aromatic carbocycles. The molecule has 0 atom stereocenters. The zero-order chi connectivity index (χ0) is 19.1. The van der Waals surface area contributed by atoms with E-state index >= 15 is 0 Å². The van der Waals surface area contributed by atoms with Crippen LogP contribution in [0.3, 0.4) is 0 Å². The average molecular weight is 358 g/mol. The summed E-state index contributed by atoms with van der Waals surface area (Å²) >= 11 is 0. The maximum atomic E-state index is 12.3. The lowest BCUT2D eigenvalue weighted by atomic mass is 10.1. The molecule has 0 radical (unpaired) electrons. The van der Waals surface area contributed by atoms with Gasteiger partial charge in [0.25, 0.3) is 5.91 Å². The van der Waals surface area contributed by atoms with Gasteiger partial charge in [-0.05, 0) is 49.2 Å². The number of amides is 1. The second kappa shape index (κ2) is 8.81. The lowest BCUT2D eigenvalue weighted by molar-refractivity contribution is 0.0955. The Morgan fingerprint density at radius 1 is 0.889 bits per heavy atom. The Morgan fingerprint density at radius 2 is 1.52 bits per heavy atom. The van der Waals surface area contributed by atoms with Crippen molar-refractivity contribution in [2.45, 2.75) is 20.5 Å². The van der Waals surface area contributed by atoms with E-state index in [9.17, 15) is 4.79 Å². The van der Waals surface area contributed by atoms with Crippen molar-refractivity contribution in [2.75, 3.05) is 0 Å². The van der Waals surface area contributed by atoms with Gasteiger partial charge in [-0.3, -0.25) is 4.79 Å². The quantitative estimate of drug-likeness (QED) is 0.512. The van der Waals surface area contributed by atoms with Crippen molar-refractivity contribution >= 4 is 11.6 Å². The van der Waals surface area contributed by atoms with Crippen molar-refractivity contribution < 1.29 is 9.53 Å². The molecule has 0 saturated carbocycles.